The summed E-state index contributed by atoms with van der Waals surface area (Å²) in [6, 6.07) is 2.97. The largest absolute Gasteiger partial charge is 0.479 e. The van der Waals surface area contributed by atoms with Crippen LogP contribution in [-0.2, 0) is 20.8 Å². The van der Waals surface area contributed by atoms with Crippen LogP contribution in [0.5, 0.6) is 0 Å². The lowest BCUT2D eigenvalue weighted by molar-refractivity contribution is -0.159. The zero-order valence-electron chi connectivity index (χ0n) is 10.3. The average molecular weight is 312 g/mol. The lowest BCUT2D eigenvalue weighted by Crippen LogP contribution is -2.71. The van der Waals surface area contributed by atoms with Gasteiger partial charge in [0.1, 0.15) is 6.04 Å². The van der Waals surface area contributed by atoms with Crippen LogP contribution in [0, 0.1) is 0 Å². The minimum absolute atomic E-state index is 0.194. The van der Waals surface area contributed by atoms with E-state index < -0.39 is 17.4 Å². The van der Waals surface area contributed by atoms with E-state index in [0.29, 0.717) is 5.75 Å². The van der Waals surface area contributed by atoms with Crippen molar-refractivity contribution in [3.05, 3.63) is 22.4 Å². The predicted octanol–water partition coefficient (Wildman–Crippen LogP) is 0.144. The number of fused-ring (bicyclic) bond motifs is 1. The van der Waals surface area contributed by atoms with Gasteiger partial charge in [-0.05, 0) is 11.4 Å². The highest BCUT2D eigenvalue weighted by atomic mass is 32.2. The number of hydrogen-bond acceptors (Lipinski definition) is 5. The van der Waals surface area contributed by atoms with Crippen LogP contribution >= 0.6 is 23.1 Å². The fraction of sp³-hybridized carbons (Fsp3) is 0.417. The van der Waals surface area contributed by atoms with E-state index in [2.05, 4.69) is 5.32 Å². The molecule has 0 aromatic carbocycles. The van der Waals surface area contributed by atoms with Crippen molar-refractivity contribution in [2.75, 3.05) is 5.75 Å². The maximum Gasteiger partial charge on any atom is 0.337 e. The summed E-state index contributed by atoms with van der Waals surface area (Å²) in [5, 5.41) is 12.8. The predicted molar refractivity (Wildman–Crippen MR) is 74.5 cm³/mol. The van der Waals surface area contributed by atoms with Gasteiger partial charge in [-0.3, -0.25) is 9.59 Å². The number of β-lactam (4-membered cyclic amide) rings is 1. The first kappa shape index (κ1) is 13.4. The van der Waals surface area contributed by atoms with Crippen molar-refractivity contribution < 1.29 is 19.5 Å². The molecule has 2 fully saturated rings. The Kier molecular flexibility index (Phi) is 3.43. The summed E-state index contributed by atoms with van der Waals surface area (Å²) in [7, 11) is 0. The molecule has 3 atom stereocenters. The number of thioether (sulfide) groups is 1. The van der Waals surface area contributed by atoms with E-state index in [-0.39, 0.29) is 24.3 Å². The van der Waals surface area contributed by atoms with E-state index in [1.807, 2.05) is 17.5 Å². The first-order valence-corrected chi connectivity index (χ1v) is 7.99. The number of rotatable bonds is 4. The third-order valence-corrected chi connectivity index (χ3v) is 5.54. The standard InChI is InChI=1S/C12H12N2O4S2/c15-8(4-6-2-1-3-19-6)13-9-7-5-20-11(12(17)18)14(7)10(9)16/h1-3,7,9,11H,4-5H2,(H,13,15)(H,17,18). The Balaban J connectivity index is 1.59. The highest BCUT2D eigenvalue weighted by Crippen LogP contribution is 2.38. The molecule has 20 heavy (non-hydrogen) atoms. The number of hydrogen-bond donors (Lipinski definition) is 2. The van der Waals surface area contributed by atoms with Crippen LogP contribution < -0.4 is 5.32 Å². The molecular formula is C12H12N2O4S2. The molecule has 106 valence electrons. The van der Waals surface area contributed by atoms with Gasteiger partial charge >= 0.3 is 5.97 Å². The van der Waals surface area contributed by atoms with E-state index in [4.69, 9.17) is 5.11 Å². The third kappa shape index (κ3) is 2.18. The Bertz CT molecular complexity index is 560. The summed E-state index contributed by atoms with van der Waals surface area (Å²) in [6.07, 6.45) is 0.254. The topological polar surface area (TPSA) is 86.7 Å². The molecule has 2 aliphatic rings. The summed E-state index contributed by atoms with van der Waals surface area (Å²) in [5.74, 6) is -0.956. The number of carbonyl (C=O) groups excluding carboxylic acids is 2. The molecule has 0 bridgehead atoms. The molecule has 0 saturated carbocycles. The molecule has 1 aromatic rings. The first-order chi connectivity index (χ1) is 9.58. The Labute approximate surface area is 123 Å². The SMILES string of the molecule is O=C(Cc1cccs1)NC1C(=O)N2C(C(=O)O)SCC12. The summed E-state index contributed by atoms with van der Waals surface area (Å²) < 4.78 is 0. The van der Waals surface area contributed by atoms with E-state index in [0.717, 1.165) is 4.88 Å². The van der Waals surface area contributed by atoms with Gasteiger partial charge in [-0.2, -0.15) is 0 Å². The molecule has 6 nitrogen and oxygen atoms in total. The molecule has 1 aromatic heterocycles. The molecule has 2 saturated heterocycles. The summed E-state index contributed by atoms with van der Waals surface area (Å²) in [5.41, 5.74) is 0. The molecule has 2 aliphatic heterocycles. The Morgan fingerprint density at radius 1 is 1.50 bits per heavy atom. The Morgan fingerprint density at radius 3 is 2.95 bits per heavy atom. The highest BCUT2D eigenvalue weighted by molar-refractivity contribution is 8.00. The van der Waals surface area contributed by atoms with Crippen LogP contribution in [0.1, 0.15) is 4.88 Å². The van der Waals surface area contributed by atoms with Crippen LogP contribution in [0.15, 0.2) is 17.5 Å². The normalized spacial score (nSPS) is 27.9. The second kappa shape index (κ2) is 5.10. The molecule has 0 aliphatic carbocycles. The van der Waals surface area contributed by atoms with E-state index in [1.54, 1.807) is 0 Å². The van der Waals surface area contributed by atoms with Gasteiger partial charge in [0.2, 0.25) is 11.8 Å². The lowest BCUT2D eigenvalue weighted by atomic mass is 9.96. The Hall–Kier alpha value is -1.54. The summed E-state index contributed by atoms with van der Waals surface area (Å²) in [6.45, 7) is 0. The van der Waals surface area contributed by atoms with Gasteiger partial charge in [0.25, 0.3) is 0 Å². The number of amides is 2. The van der Waals surface area contributed by atoms with Gasteiger partial charge in [-0.25, -0.2) is 4.79 Å². The van der Waals surface area contributed by atoms with Crippen LogP contribution in [-0.4, -0.2) is 51.0 Å². The third-order valence-electron chi connectivity index (χ3n) is 3.38. The summed E-state index contributed by atoms with van der Waals surface area (Å²) in [4.78, 5) is 37.1. The molecule has 0 radical (unpaired) electrons. The number of carboxylic acid groups (broad SMARTS) is 1. The van der Waals surface area contributed by atoms with Crippen molar-refractivity contribution in [2.24, 2.45) is 0 Å². The van der Waals surface area contributed by atoms with Gasteiger partial charge in [-0.1, -0.05) is 6.07 Å². The second-order valence-electron chi connectivity index (χ2n) is 4.64. The molecule has 3 unspecified atom stereocenters. The van der Waals surface area contributed by atoms with Gasteiger partial charge in [0.15, 0.2) is 5.37 Å². The van der Waals surface area contributed by atoms with E-state index in [1.165, 1.54) is 28.0 Å². The Morgan fingerprint density at radius 2 is 2.30 bits per heavy atom. The minimum Gasteiger partial charge on any atom is -0.479 e. The van der Waals surface area contributed by atoms with Crippen LogP contribution in [0.25, 0.3) is 0 Å². The van der Waals surface area contributed by atoms with Crippen molar-refractivity contribution >= 4 is 40.9 Å². The monoisotopic (exact) mass is 312 g/mol. The smallest absolute Gasteiger partial charge is 0.337 e. The van der Waals surface area contributed by atoms with E-state index in [9.17, 15) is 14.4 Å². The van der Waals surface area contributed by atoms with Crippen molar-refractivity contribution in [3.8, 4) is 0 Å². The van der Waals surface area contributed by atoms with Gasteiger partial charge in [-0.15, -0.1) is 23.1 Å². The first-order valence-electron chi connectivity index (χ1n) is 6.06. The van der Waals surface area contributed by atoms with Gasteiger partial charge < -0.3 is 15.3 Å². The molecule has 2 N–H and O–H groups in total. The number of aliphatic carboxylic acids is 1. The highest BCUT2D eigenvalue weighted by Gasteiger charge is 2.57. The molecule has 2 amide bonds. The van der Waals surface area contributed by atoms with Gasteiger partial charge in [0.05, 0.1) is 12.5 Å². The molecule has 3 heterocycles. The van der Waals surface area contributed by atoms with Crippen molar-refractivity contribution in [1.82, 2.24) is 10.2 Å². The zero-order valence-corrected chi connectivity index (χ0v) is 11.9. The summed E-state index contributed by atoms with van der Waals surface area (Å²) >= 11 is 2.72. The van der Waals surface area contributed by atoms with Gasteiger partial charge in [0, 0.05) is 10.6 Å². The average Bonchev–Trinajstić information content (AvgIpc) is 3.02. The molecular weight excluding hydrogens is 300 g/mol. The number of carboxylic acids is 1. The van der Waals surface area contributed by atoms with Crippen molar-refractivity contribution in [3.63, 3.8) is 0 Å². The fourth-order valence-electron chi connectivity index (χ4n) is 2.45. The second-order valence-corrected chi connectivity index (χ2v) is 6.78. The van der Waals surface area contributed by atoms with Crippen molar-refractivity contribution in [2.45, 2.75) is 23.9 Å². The number of nitrogens with one attached hydrogen (secondary N) is 1. The van der Waals surface area contributed by atoms with Crippen LogP contribution in [0.3, 0.4) is 0 Å². The zero-order chi connectivity index (χ0) is 14.3. The molecule has 8 heteroatoms. The quantitative estimate of drug-likeness (QED) is 0.773. The fourth-order valence-corrected chi connectivity index (χ4v) is 4.45. The van der Waals surface area contributed by atoms with E-state index >= 15 is 0 Å². The van der Waals surface area contributed by atoms with Crippen LogP contribution in [0.4, 0.5) is 0 Å². The molecule has 0 spiro atoms. The molecule has 3 rings (SSSR count). The maximum atomic E-state index is 11.9. The van der Waals surface area contributed by atoms with Crippen LogP contribution in [0.2, 0.25) is 0 Å². The number of thiophene rings is 1. The maximum absolute atomic E-state index is 11.9. The van der Waals surface area contributed by atoms with Crippen molar-refractivity contribution in [1.29, 1.82) is 0 Å². The number of nitrogens with zero attached hydrogens (tertiary/aromatic N) is 1. The minimum atomic E-state index is -1.01. The lowest BCUT2D eigenvalue weighted by Gasteiger charge is -2.43. The number of carbonyl (C=O) groups is 3.